The van der Waals surface area contributed by atoms with Crippen LogP contribution in [0.15, 0.2) is 18.2 Å². The van der Waals surface area contributed by atoms with E-state index in [0.29, 0.717) is 5.92 Å². The van der Waals surface area contributed by atoms with Gasteiger partial charge in [-0.1, -0.05) is 32.8 Å². The first-order valence-electron chi connectivity index (χ1n) is 6.88. The summed E-state index contributed by atoms with van der Waals surface area (Å²) in [6.45, 7) is 4.44. The third kappa shape index (κ3) is 4.11. The number of nitrogens with one attached hydrogen (secondary N) is 1. The summed E-state index contributed by atoms with van der Waals surface area (Å²) in [6.07, 6.45) is 3.36. The molecule has 1 atom stereocenters. The molecule has 1 aromatic carbocycles. The Morgan fingerprint density at radius 3 is 2.21 bits per heavy atom. The van der Waals surface area contributed by atoms with E-state index >= 15 is 0 Å². The summed E-state index contributed by atoms with van der Waals surface area (Å²) in [4.78, 5) is 0. The maximum Gasteiger partial charge on any atom is 0.161 e. The van der Waals surface area contributed by atoms with Crippen molar-refractivity contribution in [1.82, 2.24) is 5.43 Å². The molecule has 3 N–H and O–H groups in total. The zero-order valence-corrected chi connectivity index (χ0v) is 12.4. The van der Waals surface area contributed by atoms with Crippen LogP contribution in [0, 0.1) is 5.92 Å². The van der Waals surface area contributed by atoms with E-state index in [0.717, 1.165) is 23.5 Å². The molecule has 0 radical (unpaired) electrons. The standard InChI is InChI=1S/C15H26N2O2/c1-5-11(6-2)9-13(17-16)12-7-8-14(18-3)15(10-12)19-4/h7-8,10-11,13,17H,5-6,9,16H2,1-4H3. The Labute approximate surface area is 116 Å². The molecule has 4 nitrogen and oxygen atoms in total. The van der Waals surface area contributed by atoms with Crippen molar-refractivity contribution in [1.29, 1.82) is 0 Å². The highest BCUT2D eigenvalue weighted by Crippen LogP contribution is 2.32. The number of hydrogen-bond acceptors (Lipinski definition) is 4. The Kier molecular flexibility index (Phi) is 6.67. The monoisotopic (exact) mass is 266 g/mol. The van der Waals surface area contributed by atoms with Crippen molar-refractivity contribution in [3.63, 3.8) is 0 Å². The highest BCUT2D eigenvalue weighted by atomic mass is 16.5. The number of benzene rings is 1. The molecule has 0 aliphatic heterocycles. The minimum atomic E-state index is 0.143. The zero-order chi connectivity index (χ0) is 14.3. The Balaban J connectivity index is 2.92. The predicted octanol–water partition coefficient (Wildman–Crippen LogP) is 3.03. The van der Waals surface area contributed by atoms with Gasteiger partial charge in [-0.25, -0.2) is 0 Å². The average molecular weight is 266 g/mol. The summed E-state index contributed by atoms with van der Waals surface area (Å²) < 4.78 is 10.6. The molecule has 1 aromatic rings. The van der Waals surface area contributed by atoms with Crippen LogP contribution in [0.5, 0.6) is 11.5 Å². The van der Waals surface area contributed by atoms with E-state index in [1.807, 2.05) is 18.2 Å². The van der Waals surface area contributed by atoms with Crippen LogP contribution in [0.1, 0.15) is 44.7 Å². The quantitative estimate of drug-likeness (QED) is 0.561. The summed E-state index contributed by atoms with van der Waals surface area (Å²) >= 11 is 0. The fraction of sp³-hybridized carbons (Fsp3) is 0.600. The van der Waals surface area contributed by atoms with Gasteiger partial charge >= 0.3 is 0 Å². The second-order valence-corrected chi connectivity index (χ2v) is 4.75. The lowest BCUT2D eigenvalue weighted by molar-refractivity contribution is 0.350. The average Bonchev–Trinajstić information content (AvgIpc) is 2.48. The van der Waals surface area contributed by atoms with Gasteiger partial charge in [0.2, 0.25) is 0 Å². The first kappa shape index (κ1) is 15.8. The molecule has 0 heterocycles. The molecule has 0 spiro atoms. The first-order chi connectivity index (χ1) is 9.19. The van der Waals surface area contributed by atoms with E-state index in [9.17, 15) is 0 Å². The number of hydrazine groups is 1. The SMILES string of the molecule is CCC(CC)CC(NN)c1ccc(OC)c(OC)c1. The minimum Gasteiger partial charge on any atom is -0.493 e. The Morgan fingerprint density at radius 1 is 1.11 bits per heavy atom. The summed E-state index contributed by atoms with van der Waals surface area (Å²) in [5, 5.41) is 0. The number of rotatable bonds is 8. The Morgan fingerprint density at radius 2 is 1.74 bits per heavy atom. The molecule has 108 valence electrons. The molecule has 0 aliphatic carbocycles. The minimum absolute atomic E-state index is 0.143. The summed E-state index contributed by atoms with van der Waals surface area (Å²) in [5.74, 6) is 7.86. The topological polar surface area (TPSA) is 56.5 Å². The van der Waals surface area contributed by atoms with Crippen LogP contribution in [0.3, 0.4) is 0 Å². The predicted molar refractivity (Wildman–Crippen MR) is 78.3 cm³/mol. The molecule has 0 fully saturated rings. The fourth-order valence-electron chi connectivity index (χ4n) is 2.33. The normalized spacial score (nSPS) is 12.5. The second-order valence-electron chi connectivity index (χ2n) is 4.75. The fourth-order valence-corrected chi connectivity index (χ4v) is 2.33. The molecule has 1 rings (SSSR count). The van der Waals surface area contributed by atoms with Gasteiger partial charge in [0.15, 0.2) is 11.5 Å². The number of hydrogen-bond donors (Lipinski definition) is 2. The van der Waals surface area contributed by atoms with Crippen molar-refractivity contribution in [2.75, 3.05) is 14.2 Å². The van der Waals surface area contributed by atoms with E-state index < -0.39 is 0 Å². The third-order valence-corrected chi connectivity index (χ3v) is 3.73. The van der Waals surface area contributed by atoms with Crippen molar-refractivity contribution >= 4 is 0 Å². The molecule has 0 aromatic heterocycles. The summed E-state index contributed by atoms with van der Waals surface area (Å²) in [7, 11) is 3.29. The molecule has 4 heteroatoms. The van der Waals surface area contributed by atoms with Gasteiger partial charge in [-0.2, -0.15) is 0 Å². The van der Waals surface area contributed by atoms with Gasteiger partial charge in [0.25, 0.3) is 0 Å². The van der Waals surface area contributed by atoms with Crippen molar-refractivity contribution in [2.24, 2.45) is 11.8 Å². The third-order valence-electron chi connectivity index (χ3n) is 3.73. The molecule has 0 amide bonds. The molecule has 0 bridgehead atoms. The van der Waals surface area contributed by atoms with Gasteiger partial charge in [0, 0.05) is 6.04 Å². The molecule has 1 unspecified atom stereocenters. The largest absolute Gasteiger partial charge is 0.493 e. The highest BCUT2D eigenvalue weighted by Gasteiger charge is 2.16. The first-order valence-corrected chi connectivity index (χ1v) is 6.88. The van der Waals surface area contributed by atoms with Gasteiger partial charge in [0.1, 0.15) is 0 Å². The van der Waals surface area contributed by atoms with Crippen molar-refractivity contribution in [3.8, 4) is 11.5 Å². The second kappa shape index (κ2) is 8.02. The van der Waals surface area contributed by atoms with Crippen LogP contribution < -0.4 is 20.7 Å². The number of ether oxygens (including phenoxy) is 2. The van der Waals surface area contributed by atoms with Gasteiger partial charge in [0.05, 0.1) is 14.2 Å². The van der Waals surface area contributed by atoms with Crippen LogP contribution in [0.4, 0.5) is 0 Å². The van der Waals surface area contributed by atoms with E-state index in [1.165, 1.54) is 12.8 Å². The molecule has 0 saturated carbocycles. The number of nitrogens with two attached hydrogens (primary N) is 1. The molecular formula is C15H26N2O2. The van der Waals surface area contributed by atoms with Gasteiger partial charge in [-0.15, -0.1) is 0 Å². The molecule has 19 heavy (non-hydrogen) atoms. The van der Waals surface area contributed by atoms with Gasteiger partial charge in [-0.3, -0.25) is 11.3 Å². The summed E-state index contributed by atoms with van der Waals surface area (Å²) in [6, 6.07) is 6.09. The maximum atomic E-state index is 5.70. The smallest absolute Gasteiger partial charge is 0.161 e. The van der Waals surface area contributed by atoms with Crippen LogP contribution in [0.25, 0.3) is 0 Å². The number of methoxy groups -OCH3 is 2. The Hall–Kier alpha value is -1.26. The van der Waals surface area contributed by atoms with E-state index in [2.05, 4.69) is 19.3 Å². The lowest BCUT2D eigenvalue weighted by Gasteiger charge is -2.22. The van der Waals surface area contributed by atoms with E-state index in [1.54, 1.807) is 14.2 Å². The van der Waals surface area contributed by atoms with E-state index in [4.69, 9.17) is 15.3 Å². The lowest BCUT2D eigenvalue weighted by Crippen LogP contribution is -2.29. The van der Waals surface area contributed by atoms with Crippen LogP contribution >= 0.6 is 0 Å². The Bertz CT molecular complexity index is 378. The van der Waals surface area contributed by atoms with E-state index in [-0.39, 0.29) is 6.04 Å². The maximum absolute atomic E-state index is 5.70. The lowest BCUT2D eigenvalue weighted by atomic mass is 9.91. The zero-order valence-electron chi connectivity index (χ0n) is 12.4. The molecule has 0 aliphatic rings. The van der Waals surface area contributed by atoms with Crippen molar-refractivity contribution < 1.29 is 9.47 Å². The summed E-state index contributed by atoms with van der Waals surface area (Å²) in [5.41, 5.74) is 4.04. The molecule has 0 saturated heterocycles. The van der Waals surface area contributed by atoms with Gasteiger partial charge < -0.3 is 9.47 Å². The van der Waals surface area contributed by atoms with Crippen molar-refractivity contribution in [3.05, 3.63) is 23.8 Å². The van der Waals surface area contributed by atoms with Crippen molar-refractivity contribution in [2.45, 2.75) is 39.2 Å². The van der Waals surface area contributed by atoms with Gasteiger partial charge in [-0.05, 0) is 30.0 Å². The van der Waals surface area contributed by atoms with Crippen LogP contribution in [-0.2, 0) is 0 Å². The van der Waals surface area contributed by atoms with Crippen LogP contribution in [-0.4, -0.2) is 14.2 Å². The van der Waals surface area contributed by atoms with Crippen LogP contribution in [0.2, 0.25) is 0 Å². The molecular weight excluding hydrogens is 240 g/mol. The highest BCUT2D eigenvalue weighted by molar-refractivity contribution is 5.43.